The first-order valence-electron chi connectivity index (χ1n) is 6.92. The van der Waals surface area contributed by atoms with Crippen molar-refractivity contribution in [2.75, 3.05) is 19.4 Å². The minimum Gasteiger partial charge on any atom is -0.497 e. The molecule has 1 amide bonds. The Morgan fingerprint density at radius 3 is 2.77 bits per heavy atom. The lowest BCUT2D eigenvalue weighted by molar-refractivity contribution is -0.116. The first-order valence-corrected chi connectivity index (χ1v) is 7.90. The lowest BCUT2D eigenvalue weighted by Crippen LogP contribution is -2.23. The van der Waals surface area contributed by atoms with Crippen molar-refractivity contribution < 1.29 is 9.53 Å². The van der Waals surface area contributed by atoms with Crippen LogP contribution in [0.25, 0.3) is 6.08 Å². The average Bonchev–Trinajstić information content (AvgIpc) is 2.58. The number of thioether (sulfide) groups is 1. The molecule has 1 aromatic heterocycles. The Kier molecular flexibility index (Phi) is 6.51. The van der Waals surface area contributed by atoms with Crippen LogP contribution in [-0.4, -0.2) is 30.3 Å². The van der Waals surface area contributed by atoms with Crippen LogP contribution in [0.2, 0.25) is 0 Å². The van der Waals surface area contributed by atoms with Crippen molar-refractivity contribution in [1.82, 2.24) is 10.3 Å². The van der Waals surface area contributed by atoms with Gasteiger partial charge in [-0.15, -0.1) is 11.8 Å². The van der Waals surface area contributed by atoms with E-state index in [4.69, 9.17) is 4.74 Å². The molecular formula is C17H18N2O2S. The number of nitrogens with one attached hydrogen (secondary N) is 1. The number of amides is 1. The molecule has 0 spiro atoms. The van der Waals surface area contributed by atoms with Crippen LogP contribution in [0.1, 0.15) is 5.56 Å². The summed E-state index contributed by atoms with van der Waals surface area (Å²) >= 11 is 1.62. The van der Waals surface area contributed by atoms with Gasteiger partial charge in [-0.2, -0.15) is 0 Å². The van der Waals surface area contributed by atoms with Crippen LogP contribution in [0.4, 0.5) is 0 Å². The number of methoxy groups -OCH3 is 1. The Morgan fingerprint density at radius 1 is 1.27 bits per heavy atom. The summed E-state index contributed by atoms with van der Waals surface area (Å²) in [5, 5.41) is 3.81. The molecule has 0 radical (unpaired) electrons. The number of aromatic nitrogens is 1. The minimum absolute atomic E-state index is 0.0996. The summed E-state index contributed by atoms with van der Waals surface area (Å²) in [6.07, 6.45) is 5.08. The SMILES string of the molecule is COc1ccc(C=CC(=O)NCCSc2ccccn2)cc1. The standard InChI is InChI=1S/C17H18N2O2S/c1-21-15-8-5-14(6-9-15)7-10-16(20)18-12-13-22-17-4-2-3-11-19-17/h2-11H,12-13H2,1H3,(H,18,20). The highest BCUT2D eigenvalue weighted by molar-refractivity contribution is 7.99. The summed E-state index contributed by atoms with van der Waals surface area (Å²) in [6.45, 7) is 0.604. The minimum atomic E-state index is -0.0996. The summed E-state index contributed by atoms with van der Waals surface area (Å²) in [6, 6.07) is 13.3. The largest absolute Gasteiger partial charge is 0.497 e. The number of hydrogen-bond donors (Lipinski definition) is 1. The molecule has 0 fully saturated rings. The molecule has 2 aromatic rings. The topological polar surface area (TPSA) is 51.2 Å². The molecule has 2 rings (SSSR count). The molecule has 114 valence electrons. The third-order valence-electron chi connectivity index (χ3n) is 2.83. The maximum absolute atomic E-state index is 11.7. The molecule has 0 aliphatic heterocycles. The predicted molar refractivity (Wildman–Crippen MR) is 90.0 cm³/mol. The van der Waals surface area contributed by atoms with Gasteiger partial charge in [0.15, 0.2) is 0 Å². The number of pyridine rings is 1. The highest BCUT2D eigenvalue weighted by atomic mass is 32.2. The molecule has 1 heterocycles. The quantitative estimate of drug-likeness (QED) is 0.485. The molecule has 5 heteroatoms. The number of benzene rings is 1. The van der Waals surface area contributed by atoms with Gasteiger partial charge < -0.3 is 10.1 Å². The zero-order valence-corrected chi connectivity index (χ0v) is 13.2. The summed E-state index contributed by atoms with van der Waals surface area (Å²) in [7, 11) is 1.63. The van der Waals surface area contributed by atoms with E-state index in [-0.39, 0.29) is 5.91 Å². The molecule has 0 atom stereocenters. The van der Waals surface area contributed by atoms with Gasteiger partial charge in [0.25, 0.3) is 0 Å². The van der Waals surface area contributed by atoms with Crippen LogP contribution in [0.5, 0.6) is 5.75 Å². The number of hydrogen-bond acceptors (Lipinski definition) is 4. The van der Waals surface area contributed by atoms with Gasteiger partial charge in [-0.25, -0.2) is 4.98 Å². The molecule has 4 nitrogen and oxygen atoms in total. The van der Waals surface area contributed by atoms with Crippen LogP contribution >= 0.6 is 11.8 Å². The van der Waals surface area contributed by atoms with Crippen LogP contribution in [-0.2, 0) is 4.79 Å². The normalized spacial score (nSPS) is 10.6. The first-order chi connectivity index (χ1) is 10.8. The van der Waals surface area contributed by atoms with Crippen molar-refractivity contribution in [3.8, 4) is 5.75 Å². The predicted octanol–water partition coefficient (Wildman–Crippen LogP) is 3.01. The van der Waals surface area contributed by atoms with Crippen LogP contribution < -0.4 is 10.1 Å². The Labute approximate surface area is 134 Å². The summed E-state index contributed by atoms with van der Waals surface area (Å²) < 4.78 is 5.09. The molecule has 0 aliphatic carbocycles. The highest BCUT2D eigenvalue weighted by Gasteiger charge is 1.97. The average molecular weight is 314 g/mol. The van der Waals surface area contributed by atoms with Crippen molar-refractivity contribution in [1.29, 1.82) is 0 Å². The summed E-state index contributed by atoms with van der Waals surface area (Å²) in [5.74, 6) is 1.49. The Morgan fingerprint density at radius 2 is 2.09 bits per heavy atom. The smallest absolute Gasteiger partial charge is 0.244 e. The second kappa shape index (κ2) is 8.89. The van der Waals surface area contributed by atoms with Gasteiger partial charge in [0, 0.05) is 24.6 Å². The second-order valence-corrected chi connectivity index (χ2v) is 5.53. The number of nitrogens with zero attached hydrogens (tertiary/aromatic N) is 1. The van der Waals surface area contributed by atoms with E-state index in [0.29, 0.717) is 6.54 Å². The fourth-order valence-corrected chi connectivity index (χ4v) is 2.43. The molecule has 0 saturated heterocycles. The van der Waals surface area contributed by atoms with Crippen molar-refractivity contribution in [3.05, 3.63) is 60.3 Å². The molecule has 0 saturated carbocycles. The molecule has 1 aromatic carbocycles. The van der Waals surface area contributed by atoms with E-state index in [1.54, 1.807) is 31.1 Å². The number of ether oxygens (including phenoxy) is 1. The van der Waals surface area contributed by atoms with Crippen molar-refractivity contribution >= 4 is 23.7 Å². The lowest BCUT2D eigenvalue weighted by atomic mass is 10.2. The number of carbonyl (C=O) groups excluding carboxylic acids is 1. The van der Waals surface area contributed by atoms with Gasteiger partial charge >= 0.3 is 0 Å². The molecule has 0 unspecified atom stereocenters. The van der Waals surface area contributed by atoms with Crippen LogP contribution in [0, 0.1) is 0 Å². The highest BCUT2D eigenvalue weighted by Crippen LogP contribution is 2.13. The maximum atomic E-state index is 11.7. The fraction of sp³-hybridized carbons (Fsp3) is 0.176. The van der Waals surface area contributed by atoms with Crippen molar-refractivity contribution in [2.45, 2.75) is 5.03 Å². The summed E-state index contributed by atoms with van der Waals surface area (Å²) in [5.41, 5.74) is 0.957. The van der Waals surface area contributed by atoms with E-state index in [9.17, 15) is 4.79 Å². The zero-order chi connectivity index (χ0) is 15.6. The van der Waals surface area contributed by atoms with E-state index in [0.717, 1.165) is 22.1 Å². The van der Waals surface area contributed by atoms with E-state index >= 15 is 0 Å². The third kappa shape index (κ3) is 5.61. The first kappa shape index (κ1) is 16.1. The monoisotopic (exact) mass is 314 g/mol. The number of carbonyl (C=O) groups is 1. The van der Waals surface area contributed by atoms with E-state index in [2.05, 4.69) is 10.3 Å². The van der Waals surface area contributed by atoms with E-state index < -0.39 is 0 Å². The zero-order valence-electron chi connectivity index (χ0n) is 12.4. The molecule has 1 N–H and O–H groups in total. The van der Waals surface area contributed by atoms with Gasteiger partial charge in [-0.05, 0) is 35.9 Å². The lowest BCUT2D eigenvalue weighted by Gasteiger charge is -2.02. The van der Waals surface area contributed by atoms with Gasteiger partial charge in [0.2, 0.25) is 5.91 Å². The molecule has 22 heavy (non-hydrogen) atoms. The van der Waals surface area contributed by atoms with Gasteiger partial charge in [0.1, 0.15) is 5.75 Å². The van der Waals surface area contributed by atoms with Crippen LogP contribution in [0.3, 0.4) is 0 Å². The molecular weight excluding hydrogens is 296 g/mol. The van der Waals surface area contributed by atoms with Crippen molar-refractivity contribution in [2.24, 2.45) is 0 Å². The Hall–Kier alpha value is -2.27. The number of rotatable bonds is 7. The molecule has 0 bridgehead atoms. The van der Waals surface area contributed by atoms with Gasteiger partial charge in [-0.3, -0.25) is 4.79 Å². The Balaban J connectivity index is 1.69. The van der Waals surface area contributed by atoms with Gasteiger partial charge in [-0.1, -0.05) is 18.2 Å². The third-order valence-corrected chi connectivity index (χ3v) is 3.78. The maximum Gasteiger partial charge on any atom is 0.244 e. The Bertz CT molecular complexity index is 612. The van der Waals surface area contributed by atoms with Crippen molar-refractivity contribution in [3.63, 3.8) is 0 Å². The van der Waals surface area contributed by atoms with E-state index in [1.807, 2.05) is 42.5 Å². The second-order valence-electron chi connectivity index (χ2n) is 4.41. The molecule has 0 aliphatic rings. The fourth-order valence-electron chi connectivity index (χ4n) is 1.71. The van der Waals surface area contributed by atoms with E-state index in [1.165, 1.54) is 6.08 Å². The van der Waals surface area contributed by atoms with Crippen LogP contribution in [0.15, 0.2) is 59.8 Å². The van der Waals surface area contributed by atoms with Gasteiger partial charge in [0.05, 0.1) is 12.1 Å². The summed E-state index contributed by atoms with van der Waals surface area (Å²) in [4.78, 5) is 15.9.